The number of hydrogen-bond donors (Lipinski definition) is 24. The van der Waals surface area contributed by atoms with Crippen molar-refractivity contribution in [2.75, 3.05) is 0 Å². The first-order valence-corrected chi connectivity index (χ1v) is 17.3. The molecule has 0 aliphatic heterocycles. The van der Waals surface area contributed by atoms with Crippen LogP contribution in [0.3, 0.4) is 0 Å². The van der Waals surface area contributed by atoms with Crippen LogP contribution in [-0.4, -0.2) is 49.9 Å². The Kier molecular flexibility index (Phi) is 148. The average Bonchev–Trinajstić information content (AvgIpc) is 1.94. The van der Waals surface area contributed by atoms with Gasteiger partial charge < -0.3 is 73.8 Å². The van der Waals surface area contributed by atoms with E-state index < -0.39 is 81.7 Å². The van der Waals surface area contributed by atoms with E-state index in [1.165, 1.54) is 0 Å². The second-order valence-electron chi connectivity index (χ2n) is 2.69. The quantitative estimate of drug-likeness (QED) is 0.107. The van der Waals surface area contributed by atoms with Gasteiger partial charge in [0, 0.05) is 0 Å². The van der Waals surface area contributed by atoms with Crippen molar-refractivity contribution in [3.8, 4) is 0 Å². The van der Waals surface area contributed by atoms with Gasteiger partial charge in [-0.05, 0) is 0 Å². The molecule has 42 heavy (non-hydrogen) atoms. The fourth-order valence-electron chi connectivity index (χ4n) is 0. The molecule has 48 N–H and O–H groups in total. The van der Waals surface area contributed by atoms with Crippen molar-refractivity contribution >= 4 is 0 Å². The normalized spacial score (nSPS) is 8.29. The van der Waals surface area contributed by atoms with Gasteiger partial charge in [0.2, 0.25) is 0 Å². The van der Waals surface area contributed by atoms with Crippen LogP contribution in [0.15, 0.2) is 0 Å². The number of hydrogen-bond acceptors (Lipinski definition) is 24. The van der Waals surface area contributed by atoms with Gasteiger partial charge in [-0.15, -0.1) is 0 Å². The molecular formula is H48Cr6N12O24. The van der Waals surface area contributed by atoms with E-state index in [0.717, 1.165) is 0 Å². The summed E-state index contributed by atoms with van der Waals surface area (Å²) < 4.78 is 191. The third-order valence-electron chi connectivity index (χ3n) is 0. The minimum absolute atomic E-state index is 0. The van der Waals surface area contributed by atoms with Gasteiger partial charge >= 0.3 is 177 Å². The van der Waals surface area contributed by atoms with Gasteiger partial charge in [-0.3, -0.25) is 0 Å². The molecule has 0 unspecified atom stereocenters. The Balaban J connectivity index is -0.00000000973. The molecule has 36 nitrogen and oxygen atoms in total. The van der Waals surface area contributed by atoms with Crippen molar-refractivity contribution in [2.45, 2.75) is 0 Å². The van der Waals surface area contributed by atoms with E-state index in [-0.39, 0.29) is 73.8 Å². The van der Waals surface area contributed by atoms with Crippen LogP contribution in [0.4, 0.5) is 0 Å². The predicted molar refractivity (Wildman–Crippen MR) is 95.1 cm³/mol. The van der Waals surface area contributed by atoms with Crippen LogP contribution < -0.4 is 73.8 Å². The maximum absolute atomic E-state index is 8.82. The molecule has 0 saturated carbocycles. The van der Waals surface area contributed by atoms with E-state index in [0.29, 0.717) is 0 Å². The summed E-state index contributed by atoms with van der Waals surface area (Å²) in [6.07, 6.45) is 0. The molecule has 0 rings (SSSR count). The molecular weight excluding hydrogens is 864 g/mol. The molecule has 0 aromatic heterocycles. The Hall–Kier alpha value is -0.165. The Morgan fingerprint density at radius 1 is 0.167 bits per heavy atom. The summed E-state index contributed by atoms with van der Waals surface area (Å²) in [5.41, 5.74) is 0. The zero-order valence-electron chi connectivity index (χ0n) is 21.2. The van der Waals surface area contributed by atoms with E-state index in [9.17, 15) is 0 Å². The molecule has 0 spiro atoms. The van der Waals surface area contributed by atoms with Crippen LogP contribution in [0, 0.1) is 0 Å². The maximum atomic E-state index is 8.82. The Morgan fingerprint density at radius 2 is 0.167 bits per heavy atom. The molecule has 0 heterocycles. The third kappa shape index (κ3) is 2200000. The summed E-state index contributed by atoms with van der Waals surface area (Å²) in [6, 6.07) is 0. The van der Waals surface area contributed by atoms with Crippen LogP contribution in [0.5, 0.6) is 0 Å². The van der Waals surface area contributed by atoms with E-state index in [4.69, 9.17) is 95.5 Å². The molecule has 0 aromatic rings. The van der Waals surface area contributed by atoms with E-state index in [1.54, 1.807) is 0 Å². The first-order valence-electron chi connectivity index (χ1n) is 4.19. The van der Waals surface area contributed by atoms with Gasteiger partial charge in [0.15, 0.2) is 0 Å². The minimum atomic E-state index is -5.25. The zero-order valence-corrected chi connectivity index (χ0v) is 28.9. The SMILES string of the molecule is N.N.N.N.N.N.N.N.N.N.N.N.[O]=[Cr](=[O])([OH])[OH].[O]=[Cr](=[O])([OH])[OH].[O]=[Cr](=[O])([OH])[OH].[O]=[Cr](=[O])([OH])[OH].[O]=[Cr](=[O])([OH])[OH].[O]=[Cr](=[O])([OH])[OH]. The van der Waals surface area contributed by atoms with Gasteiger partial charge in [0.25, 0.3) is 0 Å². The Morgan fingerprint density at radius 3 is 0.167 bits per heavy atom. The predicted octanol–water partition coefficient (Wildman–Crippen LogP) is -6.18. The van der Waals surface area contributed by atoms with E-state index in [2.05, 4.69) is 0 Å². The standard InChI is InChI=1S/6Cr.12H3N.12H2O.12O/h;;;;;;12*1H3;12*1H2;;;;;;;;;;;;/q6*+2;;;;;;;;;;;;;;;;;;;;;;;;;;;;;;;;;;;;/p-12. The third-order valence-corrected chi connectivity index (χ3v) is 0. The molecule has 0 atom stereocenters. The summed E-state index contributed by atoms with van der Waals surface area (Å²) in [5.74, 6) is 0. The summed E-state index contributed by atoms with van der Waals surface area (Å²) in [6.45, 7) is 0. The average molecular weight is 912 g/mol. The first-order chi connectivity index (χ1) is 12.0. The van der Waals surface area contributed by atoms with Gasteiger partial charge in [-0.2, -0.15) is 0 Å². The summed E-state index contributed by atoms with van der Waals surface area (Å²) >= 11 is -31.5. The molecule has 288 valence electrons. The van der Waals surface area contributed by atoms with E-state index in [1.807, 2.05) is 0 Å². The number of rotatable bonds is 0. The Labute approximate surface area is 249 Å². The molecule has 0 saturated heterocycles. The molecule has 0 fully saturated rings. The molecule has 0 bridgehead atoms. The molecule has 0 radical (unpaired) electrons. The van der Waals surface area contributed by atoms with Crippen LogP contribution >= 0.6 is 0 Å². The van der Waals surface area contributed by atoms with Crippen molar-refractivity contribution in [2.24, 2.45) is 0 Å². The molecule has 0 aliphatic carbocycles. The summed E-state index contributed by atoms with van der Waals surface area (Å²) in [7, 11) is 0. The fraction of sp³-hybridized carbons (Fsp3) is 0. The molecule has 0 aromatic carbocycles. The van der Waals surface area contributed by atoms with Crippen molar-refractivity contribution < 1.29 is 177 Å². The monoisotopic (exact) mass is 912 g/mol. The van der Waals surface area contributed by atoms with Gasteiger partial charge in [-0.25, -0.2) is 0 Å². The summed E-state index contributed by atoms with van der Waals surface area (Å²) in [4.78, 5) is 0. The molecule has 42 heteroatoms. The van der Waals surface area contributed by atoms with Crippen molar-refractivity contribution in [3.63, 3.8) is 0 Å². The van der Waals surface area contributed by atoms with Gasteiger partial charge in [0.1, 0.15) is 0 Å². The van der Waals surface area contributed by atoms with Crippen LogP contribution in [0.1, 0.15) is 0 Å². The van der Waals surface area contributed by atoms with Gasteiger partial charge in [-0.1, -0.05) is 0 Å². The van der Waals surface area contributed by atoms with Crippen LogP contribution in [-0.2, 0) is 127 Å². The van der Waals surface area contributed by atoms with Crippen LogP contribution in [0.25, 0.3) is 0 Å². The van der Waals surface area contributed by atoms with Crippen LogP contribution in [0.2, 0.25) is 0 Å². The van der Waals surface area contributed by atoms with Gasteiger partial charge in [0.05, 0.1) is 0 Å². The second-order valence-corrected chi connectivity index (χ2v) is 11.1. The zero-order chi connectivity index (χ0) is 27.0. The summed E-state index contributed by atoms with van der Waals surface area (Å²) in [5, 5.41) is 0. The van der Waals surface area contributed by atoms with E-state index >= 15 is 0 Å². The van der Waals surface area contributed by atoms with Crippen molar-refractivity contribution in [1.82, 2.24) is 73.8 Å². The topological polar surface area (TPSA) is 868 Å². The second kappa shape index (κ2) is 50.5. The molecule has 0 aliphatic rings. The molecule has 0 amide bonds. The Bertz CT molecular complexity index is 790. The van der Waals surface area contributed by atoms with Crippen molar-refractivity contribution in [3.05, 3.63) is 0 Å². The fourth-order valence-corrected chi connectivity index (χ4v) is 0. The van der Waals surface area contributed by atoms with Crippen molar-refractivity contribution in [1.29, 1.82) is 0 Å². The first kappa shape index (κ1) is 123.